The van der Waals surface area contributed by atoms with E-state index in [-0.39, 0.29) is 19.5 Å². The summed E-state index contributed by atoms with van der Waals surface area (Å²) >= 11 is 0. The van der Waals surface area contributed by atoms with Gasteiger partial charge in [0, 0.05) is 20.2 Å². The van der Waals surface area contributed by atoms with Crippen LogP contribution in [0.15, 0.2) is 0 Å². The van der Waals surface area contributed by atoms with Gasteiger partial charge in [-0.1, -0.05) is 0 Å². The van der Waals surface area contributed by atoms with Crippen molar-refractivity contribution >= 4 is 27.0 Å². The second-order valence-corrected chi connectivity index (χ2v) is 2.86. The number of carbonyl (C=O) groups is 1. The van der Waals surface area contributed by atoms with E-state index in [0.717, 1.165) is 0 Å². The van der Waals surface area contributed by atoms with Crippen LogP contribution in [0.2, 0.25) is 0 Å². The Balaban J connectivity index is -0.000000109. The van der Waals surface area contributed by atoms with Crippen LogP contribution in [0.4, 0.5) is 0 Å². The van der Waals surface area contributed by atoms with E-state index in [2.05, 4.69) is 0 Å². The minimum absolute atomic E-state index is 0. The summed E-state index contributed by atoms with van der Waals surface area (Å²) < 4.78 is 36.3. The predicted molar refractivity (Wildman–Crippen MR) is 25.0 cm³/mol. The summed E-state index contributed by atoms with van der Waals surface area (Å²) in [4.78, 5) is 8.00. The Kier molecular flexibility index (Phi) is 20.5. The van der Waals surface area contributed by atoms with Gasteiger partial charge in [-0.3, -0.25) is 8.42 Å². The maximum atomic E-state index is 9.09. The molecule has 0 fully saturated rings. The Labute approximate surface area is 68.9 Å². The SMILES string of the molecule is C=O.O=S([O-])S(=O)[O-].[Zn+2]. The fraction of sp³-hybridized carbons (Fsp3) is 0. The molecule has 0 aliphatic carbocycles. The van der Waals surface area contributed by atoms with Crippen LogP contribution in [0.1, 0.15) is 0 Å². The Morgan fingerprint density at radius 2 is 1.11 bits per heavy atom. The van der Waals surface area contributed by atoms with E-state index in [1.807, 2.05) is 6.79 Å². The van der Waals surface area contributed by atoms with Crippen molar-refractivity contribution in [2.24, 2.45) is 0 Å². The van der Waals surface area contributed by atoms with Crippen LogP contribution >= 0.6 is 0 Å². The topological polar surface area (TPSA) is 97.3 Å². The van der Waals surface area contributed by atoms with E-state index >= 15 is 0 Å². The number of carbonyl (C=O) groups excluding carboxylic acids is 1. The number of hydrogen-bond donors (Lipinski definition) is 0. The maximum absolute atomic E-state index is 9.09. The molecule has 8 heteroatoms. The molecule has 5 nitrogen and oxygen atoms in total. The van der Waals surface area contributed by atoms with E-state index in [9.17, 15) is 0 Å². The van der Waals surface area contributed by atoms with Crippen molar-refractivity contribution in [1.29, 1.82) is 0 Å². The fourth-order valence-corrected chi connectivity index (χ4v) is 0. The minimum Gasteiger partial charge on any atom is -0.763 e. The van der Waals surface area contributed by atoms with Crippen LogP contribution in [0.3, 0.4) is 0 Å². The van der Waals surface area contributed by atoms with Gasteiger partial charge in [-0.15, -0.1) is 0 Å². The van der Waals surface area contributed by atoms with E-state index in [1.165, 1.54) is 0 Å². The van der Waals surface area contributed by atoms with Crippen molar-refractivity contribution in [2.75, 3.05) is 0 Å². The van der Waals surface area contributed by atoms with Crippen molar-refractivity contribution < 1.29 is 41.8 Å². The monoisotopic (exact) mass is 222 g/mol. The summed E-state index contributed by atoms with van der Waals surface area (Å²) in [5, 5.41) is 0. The molecule has 0 aliphatic rings. The van der Waals surface area contributed by atoms with Crippen molar-refractivity contribution in [3.63, 3.8) is 0 Å². The molecule has 0 spiro atoms. The molecule has 0 amide bonds. The van der Waals surface area contributed by atoms with E-state index in [0.29, 0.717) is 0 Å². The first-order chi connectivity index (χ1) is 3.64. The van der Waals surface area contributed by atoms with Crippen LogP contribution in [-0.4, -0.2) is 24.3 Å². The Hall–Kier alpha value is 0.513. The molecule has 2 unspecified atom stereocenters. The van der Waals surface area contributed by atoms with Crippen molar-refractivity contribution in [3.8, 4) is 0 Å². The molecule has 0 aliphatic heterocycles. The summed E-state index contributed by atoms with van der Waals surface area (Å²) in [6.07, 6.45) is 0. The molecule has 0 aromatic carbocycles. The molecule has 0 saturated heterocycles. The second-order valence-electron chi connectivity index (χ2n) is 0.408. The average Bonchev–Trinajstić information content (AvgIpc) is 1.72. The zero-order valence-corrected chi connectivity index (χ0v) is 8.87. The average molecular weight is 224 g/mol. The molecule has 9 heavy (non-hydrogen) atoms. The summed E-state index contributed by atoms with van der Waals surface area (Å²) in [7, 11) is -5.90. The minimum atomic E-state index is -2.95. The van der Waals surface area contributed by atoms with Crippen LogP contribution in [-0.2, 0) is 44.5 Å². The predicted octanol–water partition coefficient (Wildman–Crippen LogP) is -1.53. The van der Waals surface area contributed by atoms with Gasteiger partial charge in [0.2, 0.25) is 0 Å². The third kappa shape index (κ3) is 17.7. The normalized spacial score (nSPS) is 13.6. The molecule has 0 bridgehead atoms. The largest absolute Gasteiger partial charge is 2.00 e. The Morgan fingerprint density at radius 3 is 1.11 bits per heavy atom. The van der Waals surface area contributed by atoms with E-state index < -0.39 is 20.2 Å². The number of hydrogen-bond acceptors (Lipinski definition) is 5. The zero-order valence-electron chi connectivity index (χ0n) is 4.27. The van der Waals surface area contributed by atoms with Gasteiger partial charge in [-0.05, 0) is 0 Å². The van der Waals surface area contributed by atoms with Gasteiger partial charge < -0.3 is 13.9 Å². The molecule has 0 aromatic heterocycles. The molecular formula is CH2O5S2Zn. The summed E-state index contributed by atoms with van der Waals surface area (Å²) in [6, 6.07) is 0. The maximum Gasteiger partial charge on any atom is 2.00 e. The summed E-state index contributed by atoms with van der Waals surface area (Å²) in [5.41, 5.74) is 0. The van der Waals surface area contributed by atoms with Gasteiger partial charge in [0.1, 0.15) is 6.79 Å². The third-order valence-electron chi connectivity index (χ3n) is 0.111. The summed E-state index contributed by atoms with van der Waals surface area (Å²) in [6.45, 7) is 2.00. The van der Waals surface area contributed by atoms with Crippen molar-refractivity contribution in [1.82, 2.24) is 0 Å². The van der Waals surface area contributed by atoms with Crippen LogP contribution in [0.25, 0.3) is 0 Å². The second kappa shape index (κ2) is 11.3. The Morgan fingerprint density at radius 1 is 1.00 bits per heavy atom. The van der Waals surface area contributed by atoms with Gasteiger partial charge in [0.25, 0.3) is 0 Å². The van der Waals surface area contributed by atoms with Gasteiger partial charge in [0.05, 0.1) is 0 Å². The first kappa shape index (κ1) is 16.3. The molecule has 0 radical (unpaired) electrons. The van der Waals surface area contributed by atoms with Gasteiger partial charge in [-0.2, -0.15) is 0 Å². The fourth-order valence-electron chi connectivity index (χ4n) is 0. The van der Waals surface area contributed by atoms with Gasteiger partial charge >= 0.3 is 19.5 Å². The Bertz CT molecular complexity index is 91.1. The third-order valence-corrected chi connectivity index (χ3v) is 1.00. The van der Waals surface area contributed by atoms with Crippen LogP contribution in [0.5, 0.6) is 0 Å². The first-order valence-corrected chi connectivity index (χ1v) is 3.79. The molecular weight excluding hydrogens is 222 g/mol. The number of rotatable bonds is 1. The first-order valence-electron chi connectivity index (χ1n) is 1.12. The molecule has 0 rings (SSSR count). The van der Waals surface area contributed by atoms with E-state index in [1.54, 1.807) is 0 Å². The molecule has 0 heterocycles. The van der Waals surface area contributed by atoms with Gasteiger partial charge in [-0.25, -0.2) is 0 Å². The van der Waals surface area contributed by atoms with Crippen LogP contribution < -0.4 is 0 Å². The van der Waals surface area contributed by atoms with Crippen molar-refractivity contribution in [2.45, 2.75) is 0 Å². The molecule has 0 aromatic rings. The van der Waals surface area contributed by atoms with E-state index in [4.69, 9.17) is 22.3 Å². The quantitative estimate of drug-likeness (QED) is 0.305. The smallest absolute Gasteiger partial charge is 0.763 e. The molecule has 0 N–H and O–H groups in total. The molecule has 50 valence electrons. The molecule has 0 saturated carbocycles. The van der Waals surface area contributed by atoms with Gasteiger partial charge in [0.15, 0.2) is 0 Å². The summed E-state index contributed by atoms with van der Waals surface area (Å²) in [5.74, 6) is 0. The van der Waals surface area contributed by atoms with Crippen LogP contribution in [0, 0.1) is 0 Å². The molecule has 2 atom stereocenters. The van der Waals surface area contributed by atoms with Crippen molar-refractivity contribution in [3.05, 3.63) is 0 Å². The standard InChI is InChI=1S/CH2O.H2O4S2.Zn/c1-2;1-5(2)6(3)4;/h1H2;(H,1,2)(H,3,4);/q;;+2/p-2. The zero-order chi connectivity index (χ0) is 7.15.